The van der Waals surface area contributed by atoms with Gasteiger partial charge in [-0.2, -0.15) is 10.2 Å². The molecule has 0 aliphatic carbocycles. The van der Waals surface area contributed by atoms with Crippen molar-refractivity contribution in [3.8, 4) is 22.8 Å². The summed E-state index contributed by atoms with van der Waals surface area (Å²) < 4.78 is 10.9. The van der Waals surface area contributed by atoms with E-state index in [0.717, 1.165) is 22.6 Å². The van der Waals surface area contributed by atoms with Crippen LogP contribution in [0.2, 0.25) is 0 Å². The number of hydrogen-bond acceptors (Lipinski definition) is 5. The molecule has 0 unspecified atom stereocenters. The van der Waals surface area contributed by atoms with E-state index < -0.39 is 0 Å². The summed E-state index contributed by atoms with van der Waals surface area (Å²) in [6.45, 7) is 6.93. The highest BCUT2D eigenvalue weighted by atomic mass is 16.5. The van der Waals surface area contributed by atoms with Gasteiger partial charge in [0.1, 0.15) is 17.2 Å². The monoisotopic (exact) mass is 392 g/mol. The largest absolute Gasteiger partial charge is 0.494 e. The summed E-state index contributed by atoms with van der Waals surface area (Å²) in [6.07, 6.45) is 0. The molecule has 2 N–H and O–H groups in total. The third kappa shape index (κ3) is 5.22. The Morgan fingerprint density at radius 3 is 2.17 bits per heavy atom. The molecule has 7 nitrogen and oxygen atoms in total. The van der Waals surface area contributed by atoms with Gasteiger partial charge in [0.2, 0.25) is 0 Å². The van der Waals surface area contributed by atoms with Crippen molar-refractivity contribution in [3.05, 3.63) is 65.9 Å². The maximum Gasteiger partial charge on any atom is 0.289 e. The molecule has 0 atom stereocenters. The quantitative estimate of drug-likeness (QED) is 0.447. The summed E-state index contributed by atoms with van der Waals surface area (Å²) in [5.41, 5.74) is 6.03. The second-order valence-electron chi connectivity index (χ2n) is 6.22. The molecule has 0 saturated carbocycles. The number of carbonyl (C=O) groups is 1. The number of hydrogen-bond donors (Lipinski definition) is 2. The topological polar surface area (TPSA) is 88.6 Å². The summed E-state index contributed by atoms with van der Waals surface area (Å²) >= 11 is 0. The first-order valence-electron chi connectivity index (χ1n) is 9.47. The molecule has 0 aliphatic heterocycles. The van der Waals surface area contributed by atoms with Crippen LogP contribution in [-0.2, 0) is 0 Å². The van der Waals surface area contributed by atoms with Crippen LogP contribution in [0.4, 0.5) is 0 Å². The predicted octanol–water partition coefficient (Wildman–Crippen LogP) is 4.03. The van der Waals surface area contributed by atoms with Gasteiger partial charge in [0.05, 0.1) is 24.6 Å². The molecule has 7 heteroatoms. The fourth-order valence-corrected chi connectivity index (χ4v) is 2.69. The Bertz CT molecular complexity index is 976. The zero-order valence-electron chi connectivity index (χ0n) is 16.7. The van der Waals surface area contributed by atoms with Crippen molar-refractivity contribution >= 4 is 11.6 Å². The van der Waals surface area contributed by atoms with E-state index in [1.165, 1.54) is 0 Å². The van der Waals surface area contributed by atoms with E-state index in [9.17, 15) is 4.79 Å². The van der Waals surface area contributed by atoms with Crippen LogP contribution in [0.25, 0.3) is 11.3 Å². The number of aromatic amines is 1. The molecule has 2 aromatic carbocycles. The number of ether oxygens (including phenoxy) is 2. The van der Waals surface area contributed by atoms with Crippen LogP contribution in [0.3, 0.4) is 0 Å². The molecular weight excluding hydrogens is 368 g/mol. The molecule has 1 aromatic heterocycles. The minimum Gasteiger partial charge on any atom is -0.494 e. The van der Waals surface area contributed by atoms with Crippen LogP contribution >= 0.6 is 0 Å². The van der Waals surface area contributed by atoms with Gasteiger partial charge < -0.3 is 9.47 Å². The molecule has 3 aromatic rings. The summed E-state index contributed by atoms with van der Waals surface area (Å²) in [5, 5.41) is 11.1. The number of rotatable bonds is 8. The standard InChI is InChI=1S/C22H24N4O3/c1-4-28-18-10-6-16(7-11-18)15(3)23-26-22(27)21-14-20(24-25-21)17-8-12-19(13-9-17)29-5-2/h6-14H,4-5H2,1-3H3,(H,24,25)(H,26,27)/b23-15-. The van der Waals surface area contributed by atoms with Crippen molar-refractivity contribution in [1.82, 2.24) is 15.6 Å². The molecule has 0 aliphatic rings. The van der Waals surface area contributed by atoms with Crippen molar-refractivity contribution in [2.45, 2.75) is 20.8 Å². The molecular formula is C22H24N4O3. The molecule has 3 rings (SSSR count). The van der Waals surface area contributed by atoms with Gasteiger partial charge >= 0.3 is 0 Å². The Morgan fingerprint density at radius 1 is 1.00 bits per heavy atom. The Labute approximate surface area is 169 Å². The zero-order chi connectivity index (χ0) is 20.6. The van der Waals surface area contributed by atoms with Crippen LogP contribution < -0.4 is 14.9 Å². The van der Waals surface area contributed by atoms with Crippen molar-refractivity contribution in [2.75, 3.05) is 13.2 Å². The highest BCUT2D eigenvalue weighted by Crippen LogP contribution is 2.21. The number of amides is 1. The maximum absolute atomic E-state index is 12.4. The first-order valence-corrected chi connectivity index (χ1v) is 9.47. The van der Waals surface area contributed by atoms with Crippen LogP contribution in [0.5, 0.6) is 11.5 Å². The number of carbonyl (C=O) groups excluding carboxylic acids is 1. The summed E-state index contributed by atoms with van der Waals surface area (Å²) in [5.74, 6) is 1.23. The first kappa shape index (κ1) is 20.1. The molecule has 1 heterocycles. The fraction of sp³-hybridized carbons (Fsp3) is 0.227. The number of nitrogens with one attached hydrogen (secondary N) is 2. The highest BCUT2D eigenvalue weighted by Gasteiger charge is 2.11. The average molecular weight is 392 g/mol. The van der Waals surface area contributed by atoms with Crippen LogP contribution in [0, 0.1) is 0 Å². The minimum atomic E-state index is -0.361. The van der Waals surface area contributed by atoms with Gasteiger partial charge in [-0.05, 0) is 80.9 Å². The highest BCUT2D eigenvalue weighted by molar-refractivity contribution is 6.00. The molecule has 0 bridgehead atoms. The van der Waals surface area contributed by atoms with Gasteiger partial charge in [0, 0.05) is 5.56 Å². The molecule has 0 radical (unpaired) electrons. The molecule has 150 valence electrons. The molecule has 29 heavy (non-hydrogen) atoms. The smallest absolute Gasteiger partial charge is 0.289 e. The van der Waals surface area contributed by atoms with E-state index in [0.29, 0.717) is 30.3 Å². The van der Waals surface area contributed by atoms with Crippen molar-refractivity contribution in [3.63, 3.8) is 0 Å². The number of H-pyrrole nitrogens is 1. The van der Waals surface area contributed by atoms with E-state index in [1.54, 1.807) is 6.07 Å². The van der Waals surface area contributed by atoms with E-state index in [-0.39, 0.29) is 5.91 Å². The minimum absolute atomic E-state index is 0.331. The fourth-order valence-electron chi connectivity index (χ4n) is 2.69. The van der Waals surface area contributed by atoms with Crippen LogP contribution in [0.1, 0.15) is 36.8 Å². The molecule has 1 amide bonds. The number of nitrogens with zero attached hydrogens (tertiary/aromatic N) is 2. The molecule has 0 fully saturated rings. The summed E-state index contributed by atoms with van der Waals surface area (Å²) in [6, 6.07) is 16.8. The van der Waals surface area contributed by atoms with Gasteiger partial charge in [0.15, 0.2) is 0 Å². The van der Waals surface area contributed by atoms with Crippen LogP contribution in [0.15, 0.2) is 59.7 Å². The molecule has 0 spiro atoms. The predicted molar refractivity (Wildman–Crippen MR) is 112 cm³/mol. The van der Waals surface area contributed by atoms with E-state index >= 15 is 0 Å². The van der Waals surface area contributed by atoms with Gasteiger partial charge in [-0.25, -0.2) is 5.43 Å². The number of hydrazone groups is 1. The van der Waals surface area contributed by atoms with Crippen molar-refractivity contribution in [1.29, 1.82) is 0 Å². The number of benzene rings is 2. The first-order chi connectivity index (χ1) is 14.1. The lowest BCUT2D eigenvalue weighted by atomic mass is 10.1. The lowest BCUT2D eigenvalue weighted by Gasteiger charge is -2.05. The van der Waals surface area contributed by atoms with Gasteiger partial charge in [-0.15, -0.1) is 0 Å². The van der Waals surface area contributed by atoms with E-state index in [4.69, 9.17) is 9.47 Å². The Morgan fingerprint density at radius 2 is 1.59 bits per heavy atom. The van der Waals surface area contributed by atoms with Crippen molar-refractivity contribution < 1.29 is 14.3 Å². The Balaban J connectivity index is 1.64. The summed E-state index contributed by atoms with van der Waals surface area (Å²) in [7, 11) is 0. The normalized spacial score (nSPS) is 11.2. The van der Waals surface area contributed by atoms with Crippen molar-refractivity contribution in [2.24, 2.45) is 5.10 Å². The lowest BCUT2D eigenvalue weighted by molar-refractivity contribution is 0.0950. The number of aromatic nitrogens is 2. The SMILES string of the molecule is CCOc1ccc(/C(C)=N\NC(=O)c2cc(-c3ccc(OCC)cc3)n[nH]2)cc1. The second-order valence-corrected chi connectivity index (χ2v) is 6.22. The van der Waals surface area contributed by atoms with E-state index in [1.807, 2.05) is 69.3 Å². The Kier molecular flexibility index (Phi) is 6.63. The molecule has 0 saturated heterocycles. The maximum atomic E-state index is 12.4. The van der Waals surface area contributed by atoms with Gasteiger partial charge in [-0.1, -0.05) is 0 Å². The summed E-state index contributed by atoms with van der Waals surface area (Å²) in [4.78, 5) is 12.4. The van der Waals surface area contributed by atoms with Crippen LogP contribution in [-0.4, -0.2) is 35.0 Å². The lowest BCUT2D eigenvalue weighted by Crippen LogP contribution is -2.19. The second kappa shape index (κ2) is 9.54. The zero-order valence-corrected chi connectivity index (χ0v) is 16.7. The van der Waals surface area contributed by atoms with Gasteiger partial charge in [-0.3, -0.25) is 9.89 Å². The van der Waals surface area contributed by atoms with E-state index in [2.05, 4.69) is 20.7 Å². The Hall–Kier alpha value is -3.61. The van der Waals surface area contributed by atoms with Gasteiger partial charge in [0.25, 0.3) is 5.91 Å². The average Bonchev–Trinajstić information content (AvgIpc) is 3.24. The third-order valence-corrected chi connectivity index (χ3v) is 4.19. The third-order valence-electron chi connectivity index (χ3n) is 4.19.